The fourth-order valence-corrected chi connectivity index (χ4v) is 17.5. The molecule has 29 atom stereocenters. The molecule has 82 heavy (non-hydrogen) atoms. The van der Waals surface area contributed by atoms with Gasteiger partial charge in [0.2, 0.25) is 0 Å². The lowest BCUT2D eigenvalue weighted by atomic mass is 9.40. The van der Waals surface area contributed by atoms with Gasteiger partial charge in [0.05, 0.1) is 43.7 Å². The van der Waals surface area contributed by atoms with E-state index < -0.39 is 210 Å². The molecule has 6 aliphatic heterocycles. The molecule has 0 aromatic heterocycles. The maximum absolute atomic E-state index is 14.7. The van der Waals surface area contributed by atoms with Crippen LogP contribution in [0, 0.1) is 33.5 Å². The second kappa shape index (κ2) is 22.1. The summed E-state index contributed by atoms with van der Waals surface area (Å²) in [7, 11) is -4.02. The Morgan fingerprint density at radius 3 is 1.85 bits per heavy atom. The fourth-order valence-electron chi connectivity index (χ4n) is 17.0. The number of methoxy groups -OCH3 is 1. The van der Waals surface area contributed by atoms with Crippen LogP contribution < -0.4 is 0 Å². The van der Waals surface area contributed by atoms with Crippen molar-refractivity contribution in [2.45, 2.75) is 259 Å². The lowest BCUT2D eigenvalue weighted by Gasteiger charge is -2.64. The van der Waals surface area contributed by atoms with Crippen LogP contribution in [0.15, 0.2) is 11.6 Å². The van der Waals surface area contributed by atoms with E-state index in [4.69, 9.17) is 56.3 Å². The van der Waals surface area contributed by atoms with Gasteiger partial charge < -0.3 is 108 Å². The molecule has 10 aliphatic rings. The van der Waals surface area contributed by atoms with Crippen LogP contribution >= 0.6 is 0 Å². The van der Waals surface area contributed by atoms with Gasteiger partial charge in [0.1, 0.15) is 103 Å². The number of fused-ring (bicyclic) bond motifs is 4. The molecule has 0 aromatic carbocycles. The average Bonchev–Trinajstić information content (AvgIpc) is 1.46. The molecular weight excluding hydrogens is 1110 g/mol. The fraction of sp³-hybridized carbons (Fsp3) is 0.944. The molecule has 1 spiro atoms. The summed E-state index contributed by atoms with van der Waals surface area (Å²) < 4.78 is 104. The highest BCUT2D eigenvalue weighted by Gasteiger charge is 2.87. The largest absolute Gasteiger partial charge is 0.453 e. The SMILES string of the molecule is CO[C@@H]1[C@@H](O)[C@H](O[C@@H]2[C@@H](O)[C@H](O[C@H]3[C@H](O)[C@@H](O)[C@H](O[C@H]4[C@H](O[C@H]5CC[C@]6(C)C7=C[C@H](O)[C@]89C(=O)O[C@@](C)(C%10CCC(C)(C)O%10)[C@@]8(O)CC[C@@]9(C)[C@@H]7CC[C@H]6C5(C)C)OC[C@@H](OS(=O)(=O)O)[C@@H]4O)O[C@@H]3C)O[C@H](CO)[C@H]2O)O[C@H](CO)[C@H]1O. The first-order valence-electron chi connectivity index (χ1n) is 28.6. The van der Waals surface area contributed by atoms with Gasteiger partial charge in [-0.3, -0.25) is 9.35 Å². The van der Waals surface area contributed by atoms with Crippen molar-refractivity contribution in [2.75, 3.05) is 26.9 Å². The lowest BCUT2D eigenvalue weighted by Crippen LogP contribution is -2.69. The highest BCUT2D eigenvalue weighted by Crippen LogP contribution is 2.77. The van der Waals surface area contributed by atoms with Crippen molar-refractivity contribution in [3.8, 4) is 0 Å². The van der Waals surface area contributed by atoms with Crippen molar-refractivity contribution in [1.82, 2.24) is 0 Å². The molecule has 1 unspecified atom stereocenters. The van der Waals surface area contributed by atoms with Gasteiger partial charge in [-0.2, -0.15) is 8.42 Å². The van der Waals surface area contributed by atoms with E-state index in [0.29, 0.717) is 44.9 Å². The van der Waals surface area contributed by atoms with Gasteiger partial charge in [0.25, 0.3) is 0 Å². The van der Waals surface area contributed by atoms with Crippen LogP contribution in [-0.4, -0.2) is 254 Å². The molecule has 6 saturated heterocycles. The summed E-state index contributed by atoms with van der Waals surface area (Å²) in [5, 5.41) is 125. The van der Waals surface area contributed by atoms with E-state index in [9.17, 15) is 73.9 Å². The Bertz CT molecular complexity index is 2490. The number of hydrogen-bond donors (Lipinski definition) is 12. The number of hydrogen-bond acceptors (Lipinski definition) is 26. The maximum Gasteiger partial charge on any atom is 0.397 e. The first kappa shape index (κ1) is 63.3. The van der Waals surface area contributed by atoms with Crippen LogP contribution in [0.4, 0.5) is 0 Å². The van der Waals surface area contributed by atoms with E-state index in [1.807, 2.05) is 34.6 Å². The zero-order chi connectivity index (χ0) is 60.0. The molecule has 6 heterocycles. The second-order valence-electron chi connectivity index (χ2n) is 26.5. The summed E-state index contributed by atoms with van der Waals surface area (Å²) in [6.45, 7) is 13.1. The Morgan fingerprint density at radius 2 is 1.26 bits per heavy atom. The predicted molar refractivity (Wildman–Crippen MR) is 273 cm³/mol. The van der Waals surface area contributed by atoms with Crippen LogP contribution in [0.1, 0.15) is 107 Å². The smallest absolute Gasteiger partial charge is 0.397 e. The monoisotopic (exact) mass is 1200 g/mol. The lowest BCUT2D eigenvalue weighted by molar-refractivity contribution is -0.389. The number of allylic oxidation sites excluding steroid dienone is 1. The molecule has 10 rings (SSSR count). The molecule has 0 radical (unpaired) electrons. The number of rotatable bonds is 14. The molecule has 27 nitrogen and oxygen atoms in total. The van der Waals surface area contributed by atoms with Crippen molar-refractivity contribution in [2.24, 2.45) is 33.5 Å². The van der Waals surface area contributed by atoms with Crippen LogP contribution in [0.3, 0.4) is 0 Å². The molecule has 0 aromatic rings. The van der Waals surface area contributed by atoms with Crippen molar-refractivity contribution < 1.29 is 130 Å². The van der Waals surface area contributed by atoms with E-state index in [0.717, 1.165) is 5.57 Å². The first-order valence-corrected chi connectivity index (χ1v) is 30.0. The zero-order valence-electron chi connectivity index (χ0n) is 47.6. The van der Waals surface area contributed by atoms with E-state index in [2.05, 4.69) is 6.92 Å². The summed E-state index contributed by atoms with van der Waals surface area (Å²) in [6.07, 6.45) is -29.1. The molecule has 0 amide bonds. The van der Waals surface area contributed by atoms with E-state index >= 15 is 0 Å². The molecule has 3 saturated carbocycles. The molecule has 28 heteroatoms. The van der Waals surface area contributed by atoms with Gasteiger partial charge in [-0.15, -0.1) is 0 Å². The Balaban J connectivity index is 0.852. The molecule has 12 N–H and O–H groups in total. The van der Waals surface area contributed by atoms with Crippen LogP contribution in [0.25, 0.3) is 0 Å². The number of carbonyl (C=O) groups is 1. The van der Waals surface area contributed by atoms with Gasteiger partial charge in [-0.25, -0.2) is 4.18 Å². The van der Waals surface area contributed by atoms with E-state index in [-0.39, 0.29) is 18.3 Å². The summed E-state index contributed by atoms with van der Waals surface area (Å²) in [5.41, 5.74) is -6.49. The number of cyclic esters (lactones) is 1. The Labute approximate surface area is 475 Å². The van der Waals surface area contributed by atoms with Gasteiger partial charge in [-0.1, -0.05) is 39.3 Å². The quantitative estimate of drug-likeness (QED) is 0.0378. The average molecular weight is 1200 g/mol. The third-order valence-corrected chi connectivity index (χ3v) is 21.9. The topological polar surface area (TPSA) is 405 Å². The van der Waals surface area contributed by atoms with Crippen molar-refractivity contribution in [3.63, 3.8) is 0 Å². The minimum Gasteiger partial charge on any atom is -0.453 e. The first-order chi connectivity index (χ1) is 38.2. The van der Waals surface area contributed by atoms with Gasteiger partial charge in [-0.05, 0) is 107 Å². The number of ether oxygens (including phenoxy) is 11. The molecule has 470 valence electrons. The predicted octanol–water partition coefficient (Wildman–Crippen LogP) is -2.26. The highest BCUT2D eigenvalue weighted by molar-refractivity contribution is 7.80. The summed E-state index contributed by atoms with van der Waals surface area (Å²) in [5.74, 6) is -0.972. The highest BCUT2D eigenvalue weighted by atomic mass is 32.3. The van der Waals surface area contributed by atoms with Crippen LogP contribution in [0.2, 0.25) is 0 Å². The Kier molecular flexibility index (Phi) is 17.0. The standard InChI is InChI=1S/C54H86O27S/c1-22-39(76-45-38(64)41(33(59)26(20-56)74-45)77-44-37(63)40(70-9)32(58)25(19-55)73-44)35(61)36(62)43(72-22)78-42-34(60)27(81-82(67,68)69)21-71-46(42)75-30-13-15-50(6)24-18-29(57)54-47(65)80-52(8,31-12-14-48(2,3)79-31)53(54,66)17-16-51(54,7)23(24)10-11-28(50)49(30,4)5/h18,22-23,25-46,55-64,66H,10-17,19-21H2,1-9H3,(H,67,68,69)/t22-,23-,25-,26-,27-,28+,29+,30+,31?,32-,33-,34+,35-,36-,37-,38-,39-,40+,41+,42-,43+,44+,45+,46+,50-,51+,52+,53+,54-/m1/s1. The summed E-state index contributed by atoms with van der Waals surface area (Å²) in [6, 6.07) is 0. The van der Waals surface area contributed by atoms with Crippen molar-refractivity contribution in [3.05, 3.63) is 11.6 Å². The van der Waals surface area contributed by atoms with Crippen LogP contribution in [-0.2, 0) is 71.5 Å². The summed E-state index contributed by atoms with van der Waals surface area (Å²) in [4.78, 5) is 14.7. The molecule has 0 bridgehead atoms. The minimum atomic E-state index is -5.19. The van der Waals surface area contributed by atoms with Crippen LogP contribution in [0.5, 0.6) is 0 Å². The normalized spacial score (nSPS) is 53.6. The van der Waals surface area contributed by atoms with Gasteiger partial charge in [0, 0.05) is 7.11 Å². The van der Waals surface area contributed by atoms with Crippen molar-refractivity contribution in [1.29, 1.82) is 0 Å². The third kappa shape index (κ3) is 9.71. The van der Waals surface area contributed by atoms with E-state index in [1.165, 1.54) is 14.0 Å². The zero-order valence-corrected chi connectivity index (χ0v) is 48.4. The van der Waals surface area contributed by atoms with Crippen molar-refractivity contribution >= 4 is 16.4 Å². The molecule has 9 fully saturated rings. The Morgan fingerprint density at radius 1 is 0.659 bits per heavy atom. The number of aliphatic hydroxyl groups excluding tert-OH is 10. The second-order valence-corrected chi connectivity index (χ2v) is 27.5. The molecule has 4 aliphatic carbocycles. The van der Waals surface area contributed by atoms with E-state index in [1.54, 1.807) is 13.0 Å². The minimum absolute atomic E-state index is 0.131. The van der Waals surface area contributed by atoms with Gasteiger partial charge >= 0.3 is 16.4 Å². The number of aliphatic hydroxyl groups is 11. The molecular formula is C54H86O27S. The third-order valence-electron chi connectivity index (χ3n) is 21.4. The van der Waals surface area contributed by atoms with Gasteiger partial charge in [0.15, 0.2) is 30.8 Å². The number of carbonyl (C=O) groups excluding carboxylic acids is 1. The Hall–Kier alpha value is -1.76. The number of esters is 1. The summed E-state index contributed by atoms with van der Waals surface area (Å²) >= 11 is 0. The maximum atomic E-state index is 14.7.